The first-order valence-corrected chi connectivity index (χ1v) is 10.6. The van der Waals surface area contributed by atoms with Gasteiger partial charge in [-0.15, -0.1) is 0 Å². The van der Waals surface area contributed by atoms with Crippen molar-refractivity contribution in [2.75, 3.05) is 44.7 Å². The van der Waals surface area contributed by atoms with Crippen LogP contribution in [0.25, 0.3) is 0 Å². The summed E-state index contributed by atoms with van der Waals surface area (Å²) in [6, 6.07) is 18.0. The number of amides is 2. The first-order valence-electron chi connectivity index (χ1n) is 10.6. The van der Waals surface area contributed by atoms with Crippen LogP contribution in [-0.2, 0) is 9.59 Å². The van der Waals surface area contributed by atoms with Crippen molar-refractivity contribution in [3.63, 3.8) is 0 Å². The van der Waals surface area contributed by atoms with Crippen molar-refractivity contribution in [3.05, 3.63) is 60.2 Å². The molecule has 0 saturated carbocycles. The van der Waals surface area contributed by atoms with Gasteiger partial charge in [-0.3, -0.25) is 9.59 Å². The number of methoxy groups -OCH3 is 1. The molecule has 2 atom stereocenters. The maximum absolute atomic E-state index is 13.1. The Morgan fingerprint density at radius 1 is 1.00 bits per heavy atom. The first kappa shape index (κ1) is 20.3. The van der Waals surface area contributed by atoms with E-state index in [-0.39, 0.29) is 23.8 Å². The molecule has 2 fully saturated rings. The van der Waals surface area contributed by atoms with E-state index in [1.807, 2.05) is 65.3 Å². The maximum atomic E-state index is 13.1. The smallest absolute Gasteiger partial charge is 0.228 e. The van der Waals surface area contributed by atoms with Gasteiger partial charge in [0, 0.05) is 39.1 Å². The molecule has 0 N–H and O–H groups in total. The molecule has 0 aliphatic carbocycles. The van der Waals surface area contributed by atoms with Crippen LogP contribution < -0.4 is 9.64 Å². The molecule has 4 rings (SSSR count). The van der Waals surface area contributed by atoms with Crippen molar-refractivity contribution in [1.82, 2.24) is 9.80 Å². The summed E-state index contributed by atoms with van der Waals surface area (Å²) in [5, 5.41) is 0. The quantitative estimate of drug-likeness (QED) is 0.765. The lowest BCUT2D eigenvalue weighted by Gasteiger charge is -2.37. The number of hydrogen-bond acceptors (Lipinski definition) is 4. The van der Waals surface area contributed by atoms with Gasteiger partial charge < -0.3 is 19.4 Å². The molecule has 158 valence electrons. The summed E-state index contributed by atoms with van der Waals surface area (Å²) in [4.78, 5) is 31.8. The van der Waals surface area contributed by atoms with E-state index in [2.05, 4.69) is 11.0 Å². The van der Waals surface area contributed by atoms with Crippen LogP contribution in [0.1, 0.15) is 24.9 Å². The lowest BCUT2D eigenvalue weighted by atomic mass is 10.1. The van der Waals surface area contributed by atoms with E-state index in [0.717, 1.165) is 30.1 Å². The van der Waals surface area contributed by atoms with Crippen molar-refractivity contribution in [1.29, 1.82) is 0 Å². The molecule has 2 heterocycles. The fraction of sp³-hybridized carbons (Fsp3) is 0.417. The lowest BCUT2D eigenvalue weighted by molar-refractivity contribution is -0.136. The standard InChI is InChI=1S/C24H29N3O3/c1-18(19-8-4-3-5-9-19)27-17-20(16-23(27)28)24(29)26-14-12-25(13-15-26)21-10-6-7-11-22(21)30-2/h3-11,18,20H,12-17H2,1-2H3/t18-,20-/m1/s1. The van der Waals surface area contributed by atoms with Gasteiger partial charge in [-0.25, -0.2) is 0 Å². The van der Waals surface area contributed by atoms with Crippen LogP contribution in [0.5, 0.6) is 5.75 Å². The molecule has 0 radical (unpaired) electrons. The van der Waals surface area contributed by atoms with Gasteiger partial charge in [-0.05, 0) is 24.6 Å². The largest absolute Gasteiger partial charge is 0.495 e. The molecule has 0 bridgehead atoms. The third-order valence-corrected chi connectivity index (χ3v) is 6.27. The van der Waals surface area contributed by atoms with Gasteiger partial charge in [0.1, 0.15) is 5.75 Å². The van der Waals surface area contributed by atoms with E-state index in [1.54, 1.807) is 7.11 Å². The van der Waals surface area contributed by atoms with Crippen molar-refractivity contribution in [2.24, 2.45) is 5.92 Å². The SMILES string of the molecule is COc1ccccc1N1CCN(C(=O)[C@@H]2CC(=O)N([C@H](C)c3ccccc3)C2)CC1. The molecule has 30 heavy (non-hydrogen) atoms. The maximum Gasteiger partial charge on any atom is 0.228 e. The van der Waals surface area contributed by atoms with Gasteiger partial charge in [0.2, 0.25) is 11.8 Å². The summed E-state index contributed by atoms with van der Waals surface area (Å²) in [7, 11) is 1.68. The van der Waals surface area contributed by atoms with E-state index < -0.39 is 0 Å². The summed E-state index contributed by atoms with van der Waals surface area (Å²) >= 11 is 0. The molecule has 6 nitrogen and oxygen atoms in total. The molecule has 2 amide bonds. The zero-order chi connectivity index (χ0) is 21.1. The highest BCUT2D eigenvalue weighted by molar-refractivity contribution is 5.89. The number of ether oxygens (including phenoxy) is 1. The summed E-state index contributed by atoms with van der Waals surface area (Å²) in [5.74, 6) is 0.772. The zero-order valence-corrected chi connectivity index (χ0v) is 17.7. The number of piperazine rings is 1. The van der Waals surface area contributed by atoms with E-state index >= 15 is 0 Å². The average molecular weight is 408 g/mol. The molecule has 0 aromatic heterocycles. The number of carbonyl (C=O) groups is 2. The Balaban J connectivity index is 1.36. The fourth-order valence-corrected chi connectivity index (χ4v) is 4.50. The number of likely N-dealkylation sites (tertiary alicyclic amines) is 1. The van der Waals surface area contributed by atoms with Gasteiger partial charge in [0.15, 0.2) is 0 Å². The van der Waals surface area contributed by atoms with Gasteiger partial charge in [-0.1, -0.05) is 42.5 Å². The number of carbonyl (C=O) groups excluding carboxylic acids is 2. The number of para-hydroxylation sites is 2. The zero-order valence-electron chi connectivity index (χ0n) is 17.7. The van der Waals surface area contributed by atoms with E-state index in [1.165, 1.54) is 0 Å². The van der Waals surface area contributed by atoms with Crippen molar-refractivity contribution >= 4 is 17.5 Å². The second kappa shape index (κ2) is 8.78. The molecular weight excluding hydrogens is 378 g/mol. The Labute approximate surface area is 178 Å². The molecule has 0 spiro atoms. The molecule has 6 heteroatoms. The highest BCUT2D eigenvalue weighted by Crippen LogP contribution is 2.31. The highest BCUT2D eigenvalue weighted by atomic mass is 16.5. The predicted octanol–water partition coefficient (Wildman–Crippen LogP) is 2.95. The van der Waals surface area contributed by atoms with Gasteiger partial charge >= 0.3 is 0 Å². The normalized spacial score (nSPS) is 20.4. The summed E-state index contributed by atoms with van der Waals surface area (Å²) < 4.78 is 5.47. The topological polar surface area (TPSA) is 53.1 Å². The molecule has 2 aliphatic heterocycles. The molecular formula is C24H29N3O3. The monoisotopic (exact) mass is 407 g/mol. The van der Waals surface area contributed by atoms with Crippen LogP contribution in [0, 0.1) is 5.92 Å². The van der Waals surface area contributed by atoms with Gasteiger partial charge in [0.25, 0.3) is 0 Å². The van der Waals surface area contributed by atoms with Crippen LogP contribution in [-0.4, -0.2) is 61.4 Å². The second-order valence-corrected chi connectivity index (χ2v) is 8.02. The summed E-state index contributed by atoms with van der Waals surface area (Å²) in [5.41, 5.74) is 2.16. The third kappa shape index (κ3) is 3.99. The van der Waals surface area contributed by atoms with Crippen molar-refractivity contribution in [3.8, 4) is 5.75 Å². The lowest BCUT2D eigenvalue weighted by Crippen LogP contribution is -2.50. The minimum atomic E-state index is -0.249. The second-order valence-electron chi connectivity index (χ2n) is 8.02. The predicted molar refractivity (Wildman–Crippen MR) is 116 cm³/mol. The molecule has 2 aromatic carbocycles. The Kier molecular flexibility index (Phi) is 5.93. The number of hydrogen-bond donors (Lipinski definition) is 0. The minimum absolute atomic E-state index is 0.0149. The Bertz CT molecular complexity index is 894. The van der Waals surface area contributed by atoms with Crippen LogP contribution >= 0.6 is 0 Å². The van der Waals surface area contributed by atoms with Gasteiger partial charge in [-0.2, -0.15) is 0 Å². The number of rotatable bonds is 5. The molecule has 0 unspecified atom stereocenters. The van der Waals surface area contributed by atoms with Crippen LogP contribution in [0.15, 0.2) is 54.6 Å². The summed E-state index contributed by atoms with van der Waals surface area (Å²) in [6.45, 7) is 5.38. The Hall–Kier alpha value is -3.02. The minimum Gasteiger partial charge on any atom is -0.495 e. The average Bonchev–Trinajstić information content (AvgIpc) is 3.20. The third-order valence-electron chi connectivity index (χ3n) is 6.27. The first-order chi connectivity index (χ1) is 14.6. The number of benzene rings is 2. The van der Waals surface area contributed by atoms with E-state index in [4.69, 9.17) is 4.74 Å². The fourth-order valence-electron chi connectivity index (χ4n) is 4.50. The van der Waals surface area contributed by atoms with Crippen LogP contribution in [0.2, 0.25) is 0 Å². The molecule has 2 saturated heterocycles. The van der Waals surface area contributed by atoms with Crippen molar-refractivity contribution in [2.45, 2.75) is 19.4 Å². The Morgan fingerprint density at radius 3 is 2.37 bits per heavy atom. The Morgan fingerprint density at radius 2 is 1.67 bits per heavy atom. The van der Waals surface area contributed by atoms with Crippen molar-refractivity contribution < 1.29 is 14.3 Å². The van der Waals surface area contributed by atoms with E-state index in [0.29, 0.717) is 26.1 Å². The highest BCUT2D eigenvalue weighted by Gasteiger charge is 2.39. The van der Waals surface area contributed by atoms with Crippen LogP contribution in [0.4, 0.5) is 5.69 Å². The number of nitrogens with zero attached hydrogens (tertiary/aromatic N) is 3. The molecule has 2 aromatic rings. The van der Waals surface area contributed by atoms with E-state index in [9.17, 15) is 9.59 Å². The number of anilines is 1. The van der Waals surface area contributed by atoms with Gasteiger partial charge in [0.05, 0.1) is 24.8 Å². The molecule has 2 aliphatic rings. The van der Waals surface area contributed by atoms with Crippen LogP contribution in [0.3, 0.4) is 0 Å². The summed E-state index contributed by atoms with van der Waals surface area (Å²) in [6.07, 6.45) is 0.308.